The van der Waals surface area contributed by atoms with Gasteiger partial charge in [0.05, 0.1) is 22.5 Å². The third-order valence-corrected chi connectivity index (χ3v) is 5.14. The highest BCUT2D eigenvalue weighted by molar-refractivity contribution is 5.70. The van der Waals surface area contributed by atoms with E-state index in [0.717, 1.165) is 36.4 Å². The molecular weight excluding hydrogens is 532 g/mol. The second kappa shape index (κ2) is 9.53. The van der Waals surface area contributed by atoms with E-state index in [1.165, 1.54) is 0 Å². The number of anilines is 2. The van der Waals surface area contributed by atoms with Gasteiger partial charge in [0.2, 0.25) is 29.0 Å². The standard InChI is InChI=1S/C24H12F8N2O4/c25-15-14(18(28)23(22(32)19(15)29)37-7-1-3-9(33)11(35)5-7)13-16(26)20(30)24(21(31)17(13)27)38-8-2-4-10(34)12(36)6-8/h1-6,35-36H,33-34H2. The molecule has 6 nitrogen and oxygen atoms in total. The van der Waals surface area contributed by atoms with Crippen molar-refractivity contribution in [2.45, 2.75) is 0 Å². The van der Waals surface area contributed by atoms with Crippen molar-refractivity contribution in [3.8, 4) is 45.6 Å². The van der Waals surface area contributed by atoms with Crippen LogP contribution in [0.5, 0.6) is 34.5 Å². The van der Waals surface area contributed by atoms with Gasteiger partial charge in [0, 0.05) is 12.1 Å². The van der Waals surface area contributed by atoms with Crippen LogP contribution in [0.2, 0.25) is 0 Å². The molecule has 14 heteroatoms. The van der Waals surface area contributed by atoms with Crippen LogP contribution in [0.3, 0.4) is 0 Å². The topological polar surface area (TPSA) is 111 Å². The van der Waals surface area contributed by atoms with Crippen molar-refractivity contribution in [2.75, 3.05) is 11.5 Å². The molecule has 0 spiro atoms. The lowest BCUT2D eigenvalue weighted by atomic mass is 10.0. The van der Waals surface area contributed by atoms with Gasteiger partial charge in [-0.25, -0.2) is 22.0 Å². The SMILES string of the molecule is Nc1ccc(Oc2c(F)c(F)c(-c3c(F)c(F)c(F)c(Oc4ccc(N)c(O)c4)c3F)c(F)c2F)cc1O. The van der Waals surface area contributed by atoms with Crippen LogP contribution in [0.4, 0.5) is 46.5 Å². The number of nitrogens with two attached hydrogens (primary N) is 2. The quantitative estimate of drug-likeness (QED) is 0.0739. The summed E-state index contributed by atoms with van der Waals surface area (Å²) in [4.78, 5) is 0. The number of halogens is 8. The Kier molecular flexibility index (Phi) is 6.57. The zero-order valence-electron chi connectivity index (χ0n) is 18.4. The molecule has 0 saturated heterocycles. The second-order valence-corrected chi connectivity index (χ2v) is 7.57. The molecule has 38 heavy (non-hydrogen) atoms. The van der Waals surface area contributed by atoms with Crippen LogP contribution in [-0.4, -0.2) is 10.2 Å². The summed E-state index contributed by atoms with van der Waals surface area (Å²) in [6.07, 6.45) is 0. The first-order chi connectivity index (χ1) is 17.8. The molecule has 4 aromatic carbocycles. The highest BCUT2D eigenvalue weighted by Crippen LogP contribution is 2.44. The molecule has 0 unspecified atom stereocenters. The van der Waals surface area contributed by atoms with Crippen LogP contribution in [-0.2, 0) is 0 Å². The van der Waals surface area contributed by atoms with Gasteiger partial charge < -0.3 is 31.2 Å². The average molecular weight is 544 g/mol. The third-order valence-electron chi connectivity index (χ3n) is 5.14. The van der Waals surface area contributed by atoms with Gasteiger partial charge >= 0.3 is 0 Å². The van der Waals surface area contributed by atoms with Gasteiger partial charge in [0.25, 0.3) is 0 Å². The Morgan fingerprint density at radius 2 is 0.816 bits per heavy atom. The van der Waals surface area contributed by atoms with Gasteiger partial charge in [-0.2, -0.15) is 13.2 Å². The second-order valence-electron chi connectivity index (χ2n) is 7.57. The van der Waals surface area contributed by atoms with Gasteiger partial charge in [-0.3, -0.25) is 0 Å². The summed E-state index contributed by atoms with van der Waals surface area (Å²) in [6.45, 7) is 0. The molecule has 0 amide bonds. The normalized spacial score (nSPS) is 11.1. The van der Waals surface area contributed by atoms with Gasteiger partial charge in [-0.15, -0.1) is 0 Å². The van der Waals surface area contributed by atoms with Crippen molar-refractivity contribution < 1.29 is 54.8 Å². The fourth-order valence-electron chi connectivity index (χ4n) is 3.25. The fraction of sp³-hybridized carbons (Fsp3) is 0. The minimum atomic E-state index is -2.54. The van der Waals surface area contributed by atoms with Crippen LogP contribution in [0.25, 0.3) is 11.1 Å². The Morgan fingerprint density at radius 3 is 1.24 bits per heavy atom. The Morgan fingerprint density at radius 1 is 0.474 bits per heavy atom. The summed E-state index contributed by atoms with van der Waals surface area (Å²) in [5.74, 6) is -25.0. The summed E-state index contributed by atoms with van der Waals surface area (Å²) in [7, 11) is 0. The molecule has 4 aromatic rings. The lowest BCUT2D eigenvalue weighted by Crippen LogP contribution is -2.09. The number of phenols is 2. The maximum Gasteiger partial charge on any atom is 0.207 e. The van der Waals surface area contributed by atoms with Crippen LogP contribution < -0.4 is 20.9 Å². The smallest absolute Gasteiger partial charge is 0.207 e. The van der Waals surface area contributed by atoms with E-state index in [-0.39, 0.29) is 11.4 Å². The van der Waals surface area contributed by atoms with E-state index in [9.17, 15) is 40.9 Å². The number of hydrogen-bond acceptors (Lipinski definition) is 6. The van der Waals surface area contributed by atoms with Crippen molar-refractivity contribution >= 4 is 11.4 Å². The van der Waals surface area contributed by atoms with E-state index >= 15 is 4.39 Å². The molecule has 0 aromatic heterocycles. The molecule has 0 aliphatic heterocycles. The molecule has 0 aliphatic rings. The van der Waals surface area contributed by atoms with Crippen LogP contribution in [0, 0.1) is 46.5 Å². The number of phenolic OH excluding ortho intramolecular Hbond substituents is 2. The summed E-state index contributed by atoms with van der Waals surface area (Å²) in [5.41, 5.74) is 6.23. The molecule has 4 rings (SSSR count). The number of ether oxygens (including phenoxy) is 2. The van der Waals surface area contributed by atoms with Crippen molar-refractivity contribution in [3.63, 3.8) is 0 Å². The molecule has 0 heterocycles. The summed E-state index contributed by atoms with van der Waals surface area (Å²) < 4.78 is 127. The van der Waals surface area contributed by atoms with Crippen molar-refractivity contribution in [2.24, 2.45) is 0 Å². The molecule has 0 fully saturated rings. The predicted molar refractivity (Wildman–Crippen MR) is 117 cm³/mol. The third kappa shape index (κ3) is 4.29. The molecule has 6 N–H and O–H groups in total. The molecule has 0 atom stereocenters. The molecule has 198 valence electrons. The van der Waals surface area contributed by atoms with Crippen molar-refractivity contribution in [1.29, 1.82) is 0 Å². The largest absolute Gasteiger partial charge is 0.506 e. The lowest BCUT2D eigenvalue weighted by Gasteiger charge is -2.17. The predicted octanol–water partition coefficient (Wildman–Crippen LogP) is 6.63. The molecule has 0 aliphatic carbocycles. The van der Waals surface area contributed by atoms with Crippen molar-refractivity contribution in [3.05, 3.63) is 82.9 Å². The molecule has 0 radical (unpaired) electrons. The maximum absolute atomic E-state index is 15.2. The minimum absolute atomic E-state index is 0.178. The van der Waals surface area contributed by atoms with E-state index in [1.54, 1.807) is 0 Å². The average Bonchev–Trinajstić information content (AvgIpc) is 2.88. The first-order valence-corrected chi connectivity index (χ1v) is 10.1. The Bertz CT molecular complexity index is 1590. The Balaban J connectivity index is 1.89. The minimum Gasteiger partial charge on any atom is -0.506 e. The fourth-order valence-corrected chi connectivity index (χ4v) is 3.25. The van der Waals surface area contributed by atoms with Crippen LogP contribution in [0.1, 0.15) is 0 Å². The summed E-state index contributed by atoms with van der Waals surface area (Å²) in [6, 6.07) is 5.39. The highest BCUT2D eigenvalue weighted by Gasteiger charge is 2.35. The zero-order chi connectivity index (χ0) is 28.0. The first-order valence-electron chi connectivity index (χ1n) is 10.1. The maximum atomic E-state index is 15.2. The van der Waals surface area contributed by atoms with Gasteiger partial charge in [0.1, 0.15) is 23.0 Å². The molecule has 0 bridgehead atoms. The van der Waals surface area contributed by atoms with Gasteiger partial charge in [0.15, 0.2) is 29.1 Å². The van der Waals surface area contributed by atoms with Crippen LogP contribution in [0.15, 0.2) is 36.4 Å². The number of aromatic hydroxyl groups is 2. The van der Waals surface area contributed by atoms with E-state index in [0.29, 0.717) is 0 Å². The Labute approximate surface area is 206 Å². The molecule has 0 saturated carbocycles. The molecular formula is C24H12F8N2O4. The van der Waals surface area contributed by atoms with Gasteiger partial charge in [-0.1, -0.05) is 0 Å². The summed E-state index contributed by atoms with van der Waals surface area (Å²) >= 11 is 0. The Hall–Kier alpha value is -4.88. The lowest BCUT2D eigenvalue weighted by molar-refractivity contribution is 0.359. The van der Waals surface area contributed by atoms with E-state index < -0.39 is 92.2 Å². The van der Waals surface area contributed by atoms with Crippen LogP contribution >= 0.6 is 0 Å². The van der Waals surface area contributed by atoms with E-state index in [1.807, 2.05) is 0 Å². The van der Waals surface area contributed by atoms with Crippen molar-refractivity contribution in [1.82, 2.24) is 0 Å². The first kappa shape index (κ1) is 26.2. The summed E-state index contributed by atoms with van der Waals surface area (Å²) in [5, 5.41) is 19.2. The van der Waals surface area contributed by atoms with E-state index in [4.69, 9.17) is 20.9 Å². The zero-order valence-corrected chi connectivity index (χ0v) is 18.4. The van der Waals surface area contributed by atoms with E-state index in [2.05, 4.69) is 0 Å². The highest BCUT2D eigenvalue weighted by atomic mass is 19.2. The number of hydrogen-bond donors (Lipinski definition) is 4. The van der Waals surface area contributed by atoms with Gasteiger partial charge in [-0.05, 0) is 24.3 Å². The number of benzene rings is 4. The monoisotopic (exact) mass is 544 g/mol. The number of rotatable bonds is 5. The number of nitrogen functional groups attached to an aromatic ring is 2.